The number of nitrogens with two attached hydrogens (primary N) is 1. The summed E-state index contributed by atoms with van der Waals surface area (Å²) in [6, 6.07) is 12.2. The zero-order chi connectivity index (χ0) is 20.5. The average molecular weight is 466 g/mol. The number of thiazole rings is 1. The van der Waals surface area contributed by atoms with Gasteiger partial charge in [0.05, 0.1) is 26.4 Å². The lowest BCUT2D eigenvalue weighted by Crippen LogP contribution is -2.04. The van der Waals surface area contributed by atoms with Crippen LogP contribution in [0.1, 0.15) is 28.1 Å². The van der Waals surface area contributed by atoms with Crippen molar-refractivity contribution < 1.29 is 9.00 Å². The standard InChI is InChI=1S/C20H17Cl2N3O2S2/c21-14-2-1-3-15(22)16(14)17(26)18-19(23)25-20(28-18)24-12-6-8-13(9-7-12)29(27)10-11-4-5-11/h1-3,6-9,11H,4-5,10,23H2,(H,24,25). The number of carbonyl (C=O) groups is 1. The summed E-state index contributed by atoms with van der Waals surface area (Å²) >= 11 is 13.4. The summed E-state index contributed by atoms with van der Waals surface area (Å²) in [6.45, 7) is 0. The van der Waals surface area contributed by atoms with Crippen LogP contribution in [0.4, 0.5) is 16.6 Å². The highest BCUT2D eigenvalue weighted by atomic mass is 35.5. The van der Waals surface area contributed by atoms with Crippen LogP contribution in [-0.2, 0) is 10.8 Å². The molecule has 5 nitrogen and oxygen atoms in total. The number of rotatable bonds is 7. The SMILES string of the molecule is Nc1nc(Nc2ccc(S(=O)CC3CC3)cc2)sc1C(=O)c1c(Cl)cccc1Cl. The molecule has 2 aromatic carbocycles. The first-order chi connectivity index (χ1) is 13.9. The fourth-order valence-electron chi connectivity index (χ4n) is 2.78. The van der Waals surface area contributed by atoms with Gasteiger partial charge in [0.15, 0.2) is 5.13 Å². The molecule has 3 aromatic rings. The third-order valence-corrected chi connectivity index (χ3v) is 7.69. The molecule has 1 aromatic heterocycles. The minimum atomic E-state index is -0.968. The predicted octanol–water partition coefficient (Wildman–Crippen LogP) is 5.52. The summed E-state index contributed by atoms with van der Waals surface area (Å²) in [5.74, 6) is 1.08. The van der Waals surface area contributed by atoms with Crippen molar-refractivity contribution >= 4 is 67.8 Å². The molecule has 1 aliphatic rings. The van der Waals surface area contributed by atoms with Crippen LogP contribution < -0.4 is 11.1 Å². The first-order valence-electron chi connectivity index (χ1n) is 8.93. The van der Waals surface area contributed by atoms with Crippen molar-refractivity contribution in [2.45, 2.75) is 17.7 Å². The van der Waals surface area contributed by atoms with E-state index in [1.807, 2.05) is 24.3 Å². The molecule has 3 N–H and O–H groups in total. The Morgan fingerprint density at radius 3 is 2.45 bits per heavy atom. The van der Waals surface area contributed by atoms with Crippen molar-refractivity contribution in [3.05, 3.63) is 63.0 Å². The molecule has 1 atom stereocenters. The molecule has 4 rings (SSSR count). The summed E-state index contributed by atoms with van der Waals surface area (Å²) in [7, 11) is -0.968. The van der Waals surface area contributed by atoms with Crippen molar-refractivity contribution in [3.8, 4) is 0 Å². The number of halogens is 2. The lowest BCUT2D eigenvalue weighted by molar-refractivity contribution is 0.104. The second kappa shape index (κ2) is 8.44. The van der Waals surface area contributed by atoms with Gasteiger partial charge in [0, 0.05) is 16.3 Å². The molecule has 1 saturated carbocycles. The average Bonchev–Trinajstić information content (AvgIpc) is 3.42. The van der Waals surface area contributed by atoms with E-state index < -0.39 is 10.8 Å². The molecular weight excluding hydrogens is 449 g/mol. The summed E-state index contributed by atoms with van der Waals surface area (Å²) in [4.78, 5) is 18.2. The third kappa shape index (κ3) is 4.64. The Balaban J connectivity index is 1.51. The van der Waals surface area contributed by atoms with Crippen LogP contribution in [0.3, 0.4) is 0 Å². The van der Waals surface area contributed by atoms with Crippen LogP contribution in [0.2, 0.25) is 10.0 Å². The van der Waals surface area contributed by atoms with E-state index in [9.17, 15) is 9.00 Å². The number of hydrogen-bond acceptors (Lipinski definition) is 6. The zero-order valence-corrected chi connectivity index (χ0v) is 18.3. The fourth-order valence-corrected chi connectivity index (χ4v) is 5.60. The Bertz CT molecular complexity index is 1080. The van der Waals surface area contributed by atoms with Gasteiger partial charge in [-0.25, -0.2) is 4.98 Å². The second-order valence-electron chi connectivity index (χ2n) is 6.76. The molecule has 9 heteroatoms. The maximum Gasteiger partial charge on any atom is 0.209 e. The number of nitrogens with zero attached hydrogens (tertiary/aromatic N) is 1. The molecule has 0 radical (unpaired) electrons. The van der Waals surface area contributed by atoms with Gasteiger partial charge in [-0.15, -0.1) is 0 Å². The van der Waals surface area contributed by atoms with E-state index in [0.717, 1.165) is 27.7 Å². The van der Waals surface area contributed by atoms with Crippen molar-refractivity contribution in [3.63, 3.8) is 0 Å². The summed E-state index contributed by atoms with van der Waals surface area (Å²) < 4.78 is 12.3. The minimum absolute atomic E-state index is 0.112. The van der Waals surface area contributed by atoms with Crippen molar-refractivity contribution in [2.24, 2.45) is 5.92 Å². The highest BCUT2D eigenvalue weighted by molar-refractivity contribution is 7.85. The van der Waals surface area contributed by atoms with Gasteiger partial charge in [-0.1, -0.05) is 40.6 Å². The zero-order valence-electron chi connectivity index (χ0n) is 15.2. The van der Waals surface area contributed by atoms with Gasteiger partial charge in [0.1, 0.15) is 10.7 Å². The lowest BCUT2D eigenvalue weighted by atomic mass is 10.1. The summed E-state index contributed by atoms with van der Waals surface area (Å²) in [6.07, 6.45) is 2.36. The van der Waals surface area contributed by atoms with Crippen molar-refractivity contribution in [1.82, 2.24) is 4.98 Å². The number of ketones is 1. The molecule has 1 heterocycles. The molecule has 0 saturated heterocycles. The van der Waals surface area contributed by atoms with Gasteiger partial charge in [-0.3, -0.25) is 9.00 Å². The first kappa shape index (κ1) is 20.3. The number of aromatic nitrogens is 1. The van der Waals surface area contributed by atoms with Crippen LogP contribution in [0, 0.1) is 5.92 Å². The molecule has 1 aliphatic carbocycles. The minimum Gasteiger partial charge on any atom is -0.382 e. The van der Waals surface area contributed by atoms with Gasteiger partial charge in [-0.05, 0) is 55.2 Å². The van der Waals surface area contributed by atoms with Crippen LogP contribution in [0.25, 0.3) is 0 Å². The largest absolute Gasteiger partial charge is 0.382 e. The Kier molecular flexibility index (Phi) is 5.92. The monoisotopic (exact) mass is 465 g/mol. The predicted molar refractivity (Wildman–Crippen MR) is 120 cm³/mol. The van der Waals surface area contributed by atoms with E-state index in [1.54, 1.807) is 18.2 Å². The highest BCUT2D eigenvalue weighted by Crippen LogP contribution is 2.34. The topological polar surface area (TPSA) is 85.1 Å². The van der Waals surface area contributed by atoms with E-state index in [0.29, 0.717) is 11.0 Å². The second-order valence-corrected chi connectivity index (χ2v) is 10.1. The molecule has 0 amide bonds. The molecule has 0 bridgehead atoms. The molecule has 29 heavy (non-hydrogen) atoms. The number of anilines is 3. The van der Waals surface area contributed by atoms with Gasteiger partial charge in [-0.2, -0.15) is 0 Å². The Hall–Kier alpha value is -1.93. The van der Waals surface area contributed by atoms with E-state index in [2.05, 4.69) is 10.3 Å². The lowest BCUT2D eigenvalue weighted by Gasteiger charge is -2.05. The van der Waals surface area contributed by atoms with E-state index in [4.69, 9.17) is 28.9 Å². The summed E-state index contributed by atoms with van der Waals surface area (Å²) in [5, 5.41) is 4.13. The van der Waals surface area contributed by atoms with Crippen LogP contribution in [0.15, 0.2) is 47.4 Å². The number of carbonyl (C=O) groups excluding carboxylic acids is 1. The fraction of sp³-hybridized carbons (Fsp3) is 0.200. The molecule has 1 fully saturated rings. The number of nitrogen functional groups attached to an aromatic ring is 1. The molecule has 0 spiro atoms. The Morgan fingerprint density at radius 1 is 1.17 bits per heavy atom. The van der Waals surface area contributed by atoms with E-state index >= 15 is 0 Å². The normalized spacial score (nSPS) is 14.6. The number of nitrogens with one attached hydrogen (secondary N) is 1. The van der Waals surface area contributed by atoms with Gasteiger partial charge < -0.3 is 11.1 Å². The van der Waals surface area contributed by atoms with Crippen LogP contribution in [-0.4, -0.2) is 20.7 Å². The van der Waals surface area contributed by atoms with Gasteiger partial charge in [0.25, 0.3) is 0 Å². The highest BCUT2D eigenvalue weighted by Gasteiger charge is 2.24. The Morgan fingerprint density at radius 2 is 1.83 bits per heavy atom. The number of hydrogen-bond donors (Lipinski definition) is 2. The summed E-state index contributed by atoms with van der Waals surface area (Å²) in [5.41, 5.74) is 6.93. The van der Waals surface area contributed by atoms with Crippen LogP contribution >= 0.6 is 34.5 Å². The molecule has 0 aliphatic heterocycles. The van der Waals surface area contributed by atoms with Crippen molar-refractivity contribution in [1.29, 1.82) is 0 Å². The smallest absolute Gasteiger partial charge is 0.209 e. The van der Waals surface area contributed by atoms with Gasteiger partial charge in [0.2, 0.25) is 5.78 Å². The van der Waals surface area contributed by atoms with E-state index in [1.165, 1.54) is 12.8 Å². The van der Waals surface area contributed by atoms with Crippen LogP contribution in [0.5, 0.6) is 0 Å². The quantitative estimate of drug-likeness (QED) is 0.448. The first-order valence-corrected chi connectivity index (χ1v) is 11.8. The molecule has 150 valence electrons. The van der Waals surface area contributed by atoms with E-state index in [-0.39, 0.29) is 32.1 Å². The molecular formula is C20H17Cl2N3O2S2. The van der Waals surface area contributed by atoms with Crippen molar-refractivity contribution in [2.75, 3.05) is 16.8 Å². The number of benzene rings is 2. The Labute approximate surface area is 184 Å². The molecule has 1 unspecified atom stereocenters. The third-order valence-electron chi connectivity index (χ3n) is 4.50. The van der Waals surface area contributed by atoms with Gasteiger partial charge >= 0.3 is 0 Å². The maximum atomic E-state index is 12.8. The maximum absolute atomic E-state index is 12.8.